The molecule has 0 radical (unpaired) electrons. The van der Waals surface area contributed by atoms with E-state index in [0.717, 1.165) is 0 Å². The van der Waals surface area contributed by atoms with Crippen molar-refractivity contribution in [2.45, 2.75) is 0 Å². The standard InChI is InChI=1S/C32H16/c1-2-8-21-18(5-1)16-26-25-13-11-17-6-3-9-22-23-10-4-7-19-15-20-12-14-24(21)30(26)29(20)32(28(19)23)31(25)27(17)22/h1-16H. The van der Waals surface area contributed by atoms with E-state index in [4.69, 9.17) is 0 Å². The highest BCUT2D eigenvalue weighted by Gasteiger charge is 2.22. The van der Waals surface area contributed by atoms with Gasteiger partial charge in [0.25, 0.3) is 0 Å². The summed E-state index contributed by atoms with van der Waals surface area (Å²) in [4.78, 5) is 0. The van der Waals surface area contributed by atoms with E-state index in [1.165, 1.54) is 86.2 Å². The zero-order chi connectivity index (χ0) is 20.6. The molecule has 0 atom stereocenters. The second kappa shape index (κ2) is 5.00. The molecule has 144 valence electrons. The Hall–Kier alpha value is -4.16. The Morgan fingerprint density at radius 3 is 1.72 bits per heavy atom. The van der Waals surface area contributed by atoms with Crippen LogP contribution in [0.2, 0.25) is 0 Å². The van der Waals surface area contributed by atoms with Crippen molar-refractivity contribution in [3.63, 3.8) is 0 Å². The molecule has 0 saturated carbocycles. The molecule has 0 fully saturated rings. The third-order valence-electron chi connectivity index (χ3n) is 7.84. The molecular weight excluding hydrogens is 384 g/mol. The molecule has 0 aliphatic rings. The van der Waals surface area contributed by atoms with Crippen LogP contribution in [-0.2, 0) is 0 Å². The Kier molecular flexibility index (Phi) is 2.44. The molecule has 0 amide bonds. The van der Waals surface area contributed by atoms with Crippen molar-refractivity contribution in [1.82, 2.24) is 0 Å². The normalized spacial score (nSPS) is 13.0. The Bertz CT molecular complexity index is 2180. The Balaban J connectivity index is 1.81. The lowest BCUT2D eigenvalue weighted by atomic mass is 9.80. The van der Waals surface area contributed by atoms with Crippen molar-refractivity contribution in [2.75, 3.05) is 0 Å². The number of fused-ring (bicyclic) bond motifs is 4. The van der Waals surface area contributed by atoms with Crippen LogP contribution in [0.25, 0.3) is 86.2 Å². The van der Waals surface area contributed by atoms with Crippen molar-refractivity contribution in [2.24, 2.45) is 0 Å². The van der Waals surface area contributed by atoms with E-state index < -0.39 is 0 Å². The minimum atomic E-state index is 1.32. The predicted octanol–water partition coefficient (Wildman–Crippen LogP) is 9.23. The summed E-state index contributed by atoms with van der Waals surface area (Å²) >= 11 is 0. The molecule has 0 heteroatoms. The first-order chi connectivity index (χ1) is 15.9. The Morgan fingerprint density at radius 2 is 0.844 bits per heavy atom. The lowest BCUT2D eigenvalue weighted by Gasteiger charge is -2.22. The van der Waals surface area contributed by atoms with Gasteiger partial charge in [-0.3, -0.25) is 0 Å². The van der Waals surface area contributed by atoms with Crippen LogP contribution < -0.4 is 0 Å². The summed E-state index contributed by atoms with van der Waals surface area (Å²) in [6.07, 6.45) is 0. The zero-order valence-electron chi connectivity index (χ0n) is 17.2. The van der Waals surface area contributed by atoms with Crippen LogP contribution in [0.15, 0.2) is 97.1 Å². The van der Waals surface area contributed by atoms with Gasteiger partial charge in [0, 0.05) is 0 Å². The van der Waals surface area contributed by atoms with E-state index in [1.807, 2.05) is 0 Å². The van der Waals surface area contributed by atoms with E-state index in [2.05, 4.69) is 97.1 Å². The van der Waals surface area contributed by atoms with E-state index in [-0.39, 0.29) is 0 Å². The molecule has 9 aromatic rings. The number of rotatable bonds is 0. The largest absolute Gasteiger partial charge is 0.0616 e. The maximum atomic E-state index is 2.42. The van der Waals surface area contributed by atoms with Gasteiger partial charge in [-0.05, 0) is 98.3 Å². The van der Waals surface area contributed by atoms with Crippen LogP contribution in [0.1, 0.15) is 0 Å². The van der Waals surface area contributed by atoms with Gasteiger partial charge in [0.15, 0.2) is 0 Å². The number of hydrogen-bond acceptors (Lipinski definition) is 0. The second-order valence-electron chi connectivity index (χ2n) is 9.28. The van der Waals surface area contributed by atoms with Crippen molar-refractivity contribution in [1.29, 1.82) is 0 Å². The van der Waals surface area contributed by atoms with Gasteiger partial charge in [-0.1, -0.05) is 84.9 Å². The summed E-state index contributed by atoms with van der Waals surface area (Å²) in [6.45, 7) is 0. The van der Waals surface area contributed by atoms with E-state index in [1.54, 1.807) is 0 Å². The fraction of sp³-hybridized carbons (Fsp3) is 0. The zero-order valence-corrected chi connectivity index (χ0v) is 17.2. The van der Waals surface area contributed by atoms with Crippen LogP contribution >= 0.6 is 0 Å². The molecule has 0 bridgehead atoms. The fourth-order valence-electron chi connectivity index (χ4n) is 6.65. The van der Waals surface area contributed by atoms with Crippen molar-refractivity contribution >= 4 is 86.2 Å². The van der Waals surface area contributed by atoms with Crippen molar-refractivity contribution in [3.8, 4) is 0 Å². The summed E-state index contributed by atoms with van der Waals surface area (Å²) < 4.78 is 0. The van der Waals surface area contributed by atoms with Gasteiger partial charge in [-0.25, -0.2) is 0 Å². The smallest absolute Gasteiger partial charge is 0.000138 e. The van der Waals surface area contributed by atoms with Crippen LogP contribution in [0, 0.1) is 0 Å². The molecule has 0 aromatic heterocycles. The summed E-state index contributed by atoms with van der Waals surface area (Å²) in [5, 5.41) is 22.1. The van der Waals surface area contributed by atoms with Gasteiger partial charge in [0.2, 0.25) is 0 Å². The lowest BCUT2D eigenvalue weighted by Crippen LogP contribution is -1.94. The monoisotopic (exact) mass is 400 g/mol. The molecule has 0 aliphatic heterocycles. The topological polar surface area (TPSA) is 0 Å². The molecule has 0 spiro atoms. The van der Waals surface area contributed by atoms with Gasteiger partial charge in [0.05, 0.1) is 0 Å². The first-order valence-electron chi connectivity index (χ1n) is 11.3. The van der Waals surface area contributed by atoms with Gasteiger partial charge < -0.3 is 0 Å². The Morgan fingerprint density at radius 1 is 0.250 bits per heavy atom. The molecule has 9 aromatic carbocycles. The quantitative estimate of drug-likeness (QED) is 0.176. The predicted molar refractivity (Wildman–Crippen MR) is 140 cm³/mol. The summed E-state index contributed by atoms with van der Waals surface area (Å²) in [7, 11) is 0. The molecular formula is C32H16. The molecule has 0 N–H and O–H groups in total. The molecule has 32 heavy (non-hydrogen) atoms. The van der Waals surface area contributed by atoms with Gasteiger partial charge in [0.1, 0.15) is 0 Å². The van der Waals surface area contributed by atoms with Gasteiger partial charge >= 0.3 is 0 Å². The third kappa shape index (κ3) is 1.57. The van der Waals surface area contributed by atoms with Crippen LogP contribution in [0.4, 0.5) is 0 Å². The van der Waals surface area contributed by atoms with Gasteiger partial charge in [-0.2, -0.15) is 0 Å². The molecule has 9 rings (SSSR count). The molecule has 0 unspecified atom stereocenters. The minimum Gasteiger partial charge on any atom is -0.0616 e. The third-order valence-corrected chi connectivity index (χ3v) is 7.84. The van der Waals surface area contributed by atoms with E-state index in [9.17, 15) is 0 Å². The number of benzene rings is 9. The lowest BCUT2D eigenvalue weighted by molar-refractivity contribution is 1.80. The molecule has 0 heterocycles. The molecule has 0 saturated heterocycles. The maximum Gasteiger partial charge on any atom is -0.000138 e. The van der Waals surface area contributed by atoms with Crippen LogP contribution in [0.3, 0.4) is 0 Å². The highest BCUT2D eigenvalue weighted by atomic mass is 14.2. The first-order valence-corrected chi connectivity index (χ1v) is 11.3. The fourth-order valence-corrected chi connectivity index (χ4v) is 6.65. The SMILES string of the molecule is c1ccc2c(c1)cc1c3ccc4cccc5c6cccc7cc8ccc2c1c8c(c76)c3c45. The van der Waals surface area contributed by atoms with Crippen LogP contribution in [-0.4, -0.2) is 0 Å². The average molecular weight is 400 g/mol. The Labute approximate surface area is 183 Å². The van der Waals surface area contributed by atoms with E-state index in [0.29, 0.717) is 0 Å². The first kappa shape index (κ1) is 15.6. The van der Waals surface area contributed by atoms with E-state index >= 15 is 0 Å². The minimum absolute atomic E-state index is 1.32. The second-order valence-corrected chi connectivity index (χ2v) is 9.28. The van der Waals surface area contributed by atoms with Crippen molar-refractivity contribution < 1.29 is 0 Å². The van der Waals surface area contributed by atoms with Gasteiger partial charge in [-0.15, -0.1) is 0 Å². The molecule has 0 nitrogen and oxygen atoms in total. The van der Waals surface area contributed by atoms with Crippen LogP contribution in [0.5, 0.6) is 0 Å². The highest BCUT2D eigenvalue weighted by Crippen LogP contribution is 2.51. The molecule has 0 aliphatic carbocycles. The summed E-state index contributed by atoms with van der Waals surface area (Å²) in [6, 6.07) is 36.6. The summed E-state index contributed by atoms with van der Waals surface area (Å²) in [5.41, 5.74) is 0. The average Bonchev–Trinajstić information content (AvgIpc) is 2.85. The summed E-state index contributed by atoms with van der Waals surface area (Å²) in [5.74, 6) is 0. The van der Waals surface area contributed by atoms with Crippen molar-refractivity contribution in [3.05, 3.63) is 97.1 Å². The highest BCUT2D eigenvalue weighted by molar-refractivity contribution is 6.49. The maximum absolute atomic E-state index is 2.42. The number of hydrogen-bond donors (Lipinski definition) is 0.